The van der Waals surface area contributed by atoms with E-state index in [1.54, 1.807) is 12.4 Å². The lowest BCUT2D eigenvalue weighted by Crippen LogP contribution is -1.82. The SMILES string of the molecule is Brc1ccnc(-c2ccn[nH]2)c1. The Morgan fingerprint density at radius 2 is 2.17 bits per heavy atom. The molecule has 1 N–H and O–H groups in total. The van der Waals surface area contributed by atoms with Crippen molar-refractivity contribution in [1.29, 1.82) is 0 Å². The largest absolute Gasteiger partial charge is 0.276 e. The molecule has 4 heteroatoms. The van der Waals surface area contributed by atoms with Crippen molar-refractivity contribution in [3.05, 3.63) is 35.1 Å². The van der Waals surface area contributed by atoms with Crippen LogP contribution < -0.4 is 0 Å². The third-order valence-electron chi connectivity index (χ3n) is 1.50. The van der Waals surface area contributed by atoms with Crippen molar-refractivity contribution in [2.45, 2.75) is 0 Å². The van der Waals surface area contributed by atoms with Crippen LogP contribution in [0, 0.1) is 0 Å². The molecule has 2 aromatic heterocycles. The summed E-state index contributed by atoms with van der Waals surface area (Å²) in [4.78, 5) is 4.18. The molecule has 0 unspecified atom stereocenters. The van der Waals surface area contributed by atoms with Gasteiger partial charge in [0.05, 0.1) is 11.4 Å². The van der Waals surface area contributed by atoms with Crippen molar-refractivity contribution in [1.82, 2.24) is 15.2 Å². The lowest BCUT2D eigenvalue weighted by Gasteiger charge is -1.95. The average Bonchev–Trinajstić information content (AvgIpc) is 2.56. The van der Waals surface area contributed by atoms with Crippen LogP contribution in [0.3, 0.4) is 0 Å². The lowest BCUT2D eigenvalue weighted by atomic mass is 10.3. The zero-order valence-corrected chi connectivity index (χ0v) is 7.75. The highest BCUT2D eigenvalue weighted by Crippen LogP contribution is 2.17. The van der Waals surface area contributed by atoms with Gasteiger partial charge in [-0.1, -0.05) is 15.9 Å². The highest BCUT2D eigenvalue weighted by Gasteiger charge is 1.99. The third kappa shape index (κ3) is 1.38. The van der Waals surface area contributed by atoms with Crippen LogP contribution in [0.25, 0.3) is 11.4 Å². The number of nitrogens with zero attached hydrogens (tertiary/aromatic N) is 2. The molecule has 0 fully saturated rings. The van der Waals surface area contributed by atoms with Gasteiger partial charge in [-0.15, -0.1) is 0 Å². The molecule has 0 spiro atoms. The van der Waals surface area contributed by atoms with Gasteiger partial charge in [-0.05, 0) is 18.2 Å². The zero-order valence-electron chi connectivity index (χ0n) is 6.16. The molecule has 0 aliphatic heterocycles. The number of nitrogens with one attached hydrogen (secondary N) is 1. The second-order valence-electron chi connectivity index (χ2n) is 2.33. The smallest absolute Gasteiger partial charge is 0.0891 e. The molecule has 2 rings (SSSR count). The average molecular weight is 224 g/mol. The van der Waals surface area contributed by atoms with E-state index < -0.39 is 0 Å². The monoisotopic (exact) mass is 223 g/mol. The van der Waals surface area contributed by atoms with E-state index >= 15 is 0 Å². The molecule has 3 nitrogen and oxygen atoms in total. The van der Waals surface area contributed by atoms with E-state index in [0.717, 1.165) is 15.9 Å². The van der Waals surface area contributed by atoms with Crippen molar-refractivity contribution in [3.8, 4) is 11.4 Å². The van der Waals surface area contributed by atoms with E-state index in [1.807, 2.05) is 18.2 Å². The Kier molecular flexibility index (Phi) is 1.91. The van der Waals surface area contributed by atoms with E-state index in [4.69, 9.17) is 0 Å². The molecule has 0 amide bonds. The van der Waals surface area contributed by atoms with E-state index in [1.165, 1.54) is 0 Å². The summed E-state index contributed by atoms with van der Waals surface area (Å²) in [6, 6.07) is 5.71. The number of pyridine rings is 1. The van der Waals surface area contributed by atoms with Gasteiger partial charge in [-0.25, -0.2) is 0 Å². The van der Waals surface area contributed by atoms with E-state index in [-0.39, 0.29) is 0 Å². The molecular weight excluding hydrogens is 218 g/mol. The summed E-state index contributed by atoms with van der Waals surface area (Å²) in [5, 5.41) is 6.70. The van der Waals surface area contributed by atoms with Crippen molar-refractivity contribution >= 4 is 15.9 Å². The maximum atomic E-state index is 4.18. The summed E-state index contributed by atoms with van der Waals surface area (Å²) in [5.41, 5.74) is 1.82. The summed E-state index contributed by atoms with van der Waals surface area (Å²) in [7, 11) is 0. The van der Waals surface area contributed by atoms with Gasteiger partial charge in [0.25, 0.3) is 0 Å². The topological polar surface area (TPSA) is 41.6 Å². The number of halogens is 1. The van der Waals surface area contributed by atoms with Crippen LogP contribution in [0.4, 0.5) is 0 Å². The highest BCUT2D eigenvalue weighted by molar-refractivity contribution is 9.10. The minimum Gasteiger partial charge on any atom is -0.276 e. The highest BCUT2D eigenvalue weighted by atomic mass is 79.9. The molecule has 12 heavy (non-hydrogen) atoms. The Balaban J connectivity index is 2.48. The molecular formula is C8H6BrN3. The Labute approximate surface area is 78.0 Å². The summed E-state index contributed by atoms with van der Waals surface area (Å²) in [5.74, 6) is 0. The first-order valence-corrected chi connectivity index (χ1v) is 4.27. The number of hydrogen-bond acceptors (Lipinski definition) is 2. The fourth-order valence-corrected chi connectivity index (χ4v) is 1.29. The van der Waals surface area contributed by atoms with Crippen LogP contribution in [-0.4, -0.2) is 15.2 Å². The van der Waals surface area contributed by atoms with Gasteiger partial charge in [-0.3, -0.25) is 10.1 Å². The van der Waals surface area contributed by atoms with Crippen molar-refractivity contribution < 1.29 is 0 Å². The predicted molar refractivity (Wildman–Crippen MR) is 49.5 cm³/mol. The van der Waals surface area contributed by atoms with Gasteiger partial charge in [0.2, 0.25) is 0 Å². The fraction of sp³-hybridized carbons (Fsp3) is 0. The molecule has 2 heterocycles. The third-order valence-corrected chi connectivity index (χ3v) is 1.99. The first-order chi connectivity index (χ1) is 5.86. The van der Waals surface area contributed by atoms with Crippen LogP contribution in [0.2, 0.25) is 0 Å². The van der Waals surface area contributed by atoms with Crippen LogP contribution in [0.15, 0.2) is 35.1 Å². The molecule has 2 aromatic rings. The normalized spacial score (nSPS) is 10.1. The Bertz CT molecular complexity index is 370. The number of aromatic nitrogens is 3. The predicted octanol–water partition coefficient (Wildman–Crippen LogP) is 2.23. The molecule has 0 bridgehead atoms. The van der Waals surface area contributed by atoms with Crippen molar-refractivity contribution in [2.24, 2.45) is 0 Å². The maximum absolute atomic E-state index is 4.18. The summed E-state index contributed by atoms with van der Waals surface area (Å²) < 4.78 is 1.02. The van der Waals surface area contributed by atoms with Crippen LogP contribution >= 0.6 is 15.9 Å². The van der Waals surface area contributed by atoms with Gasteiger partial charge in [-0.2, -0.15) is 5.10 Å². The molecule has 0 aromatic carbocycles. The first-order valence-electron chi connectivity index (χ1n) is 3.47. The minimum absolute atomic E-state index is 0.891. The lowest BCUT2D eigenvalue weighted by molar-refractivity contribution is 1.09. The van der Waals surface area contributed by atoms with Gasteiger partial charge in [0.15, 0.2) is 0 Å². The van der Waals surface area contributed by atoms with Gasteiger partial charge in [0, 0.05) is 16.9 Å². The molecule has 0 saturated heterocycles. The Morgan fingerprint density at radius 3 is 2.83 bits per heavy atom. The number of hydrogen-bond donors (Lipinski definition) is 1. The van der Waals surface area contributed by atoms with E-state index in [2.05, 4.69) is 31.1 Å². The quantitative estimate of drug-likeness (QED) is 0.806. The van der Waals surface area contributed by atoms with Crippen LogP contribution in [0.1, 0.15) is 0 Å². The number of H-pyrrole nitrogens is 1. The fourth-order valence-electron chi connectivity index (χ4n) is 0.951. The second-order valence-corrected chi connectivity index (χ2v) is 3.25. The zero-order chi connectivity index (χ0) is 8.39. The van der Waals surface area contributed by atoms with Crippen LogP contribution in [0.5, 0.6) is 0 Å². The summed E-state index contributed by atoms with van der Waals surface area (Å²) >= 11 is 3.37. The van der Waals surface area contributed by atoms with Crippen LogP contribution in [-0.2, 0) is 0 Å². The molecule has 60 valence electrons. The van der Waals surface area contributed by atoms with E-state index in [0.29, 0.717) is 0 Å². The Hall–Kier alpha value is -1.16. The number of rotatable bonds is 1. The van der Waals surface area contributed by atoms with E-state index in [9.17, 15) is 0 Å². The maximum Gasteiger partial charge on any atom is 0.0891 e. The van der Waals surface area contributed by atoms with Crippen molar-refractivity contribution in [2.75, 3.05) is 0 Å². The molecule has 0 radical (unpaired) electrons. The molecule has 0 atom stereocenters. The number of aromatic amines is 1. The van der Waals surface area contributed by atoms with Gasteiger partial charge in [0.1, 0.15) is 0 Å². The molecule has 0 aliphatic carbocycles. The van der Waals surface area contributed by atoms with Crippen molar-refractivity contribution in [3.63, 3.8) is 0 Å². The first kappa shape index (κ1) is 7.49. The van der Waals surface area contributed by atoms with Gasteiger partial charge >= 0.3 is 0 Å². The minimum atomic E-state index is 0.891. The summed E-state index contributed by atoms with van der Waals surface area (Å²) in [6.45, 7) is 0. The molecule has 0 aliphatic rings. The Morgan fingerprint density at radius 1 is 1.25 bits per heavy atom. The summed E-state index contributed by atoms with van der Waals surface area (Å²) in [6.07, 6.45) is 3.46. The second kappa shape index (κ2) is 3.06. The molecule has 0 saturated carbocycles. The van der Waals surface area contributed by atoms with Gasteiger partial charge < -0.3 is 0 Å². The standard InChI is InChI=1S/C8H6BrN3/c9-6-1-3-10-8(5-6)7-2-4-11-12-7/h1-5H,(H,11,12).